The van der Waals surface area contributed by atoms with Crippen molar-refractivity contribution in [2.24, 2.45) is 11.1 Å². The van der Waals surface area contributed by atoms with Crippen molar-refractivity contribution in [3.05, 3.63) is 64.2 Å². The van der Waals surface area contributed by atoms with E-state index < -0.39 is 11.4 Å². The number of amides is 1. The van der Waals surface area contributed by atoms with Crippen LogP contribution in [0.15, 0.2) is 42.5 Å². The van der Waals surface area contributed by atoms with Gasteiger partial charge in [-0.1, -0.05) is 30.3 Å². The number of benzene rings is 2. The first-order valence-corrected chi connectivity index (χ1v) is 11.0. The quantitative estimate of drug-likeness (QED) is 0.516. The molecule has 1 aromatic heterocycles. The Bertz CT molecular complexity index is 1070. The maximum atomic E-state index is 13.1. The number of carbonyl (C=O) groups excluding carboxylic acids is 1. The standard InChI is InChI=1S/C23H25N3O3S/c24-9-3-4-15-7-8-19-18(10-15)26-20(30-19)14-25-22(29)23(13-21(27)28)11-16-5-1-2-6-17(16)12-23/h1-2,5-8,10H,3-4,9,11-14,24H2,(H,25,29)(H,27,28). The molecule has 0 atom stereocenters. The van der Waals surface area contributed by atoms with Gasteiger partial charge >= 0.3 is 5.97 Å². The number of carboxylic acids is 1. The van der Waals surface area contributed by atoms with Gasteiger partial charge < -0.3 is 16.2 Å². The molecule has 156 valence electrons. The van der Waals surface area contributed by atoms with Gasteiger partial charge in [-0.05, 0) is 61.1 Å². The second-order valence-electron chi connectivity index (χ2n) is 7.96. The molecule has 0 unspecified atom stereocenters. The summed E-state index contributed by atoms with van der Waals surface area (Å²) in [7, 11) is 0. The average molecular weight is 424 g/mol. The summed E-state index contributed by atoms with van der Waals surface area (Å²) in [5.41, 5.74) is 8.89. The number of rotatable bonds is 8. The normalized spacial score (nSPS) is 14.6. The molecule has 0 saturated carbocycles. The van der Waals surface area contributed by atoms with Crippen LogP contribution in [-0.2, 0) is 35.4 Å². The van der Waals surface area contributed by atoms with Crippen LogP contribution in [0.25, 0.3) is 10.2 Å². The Labute approximate surface area is 179 Å². The molecule has 30 heavy (non-hydrogen) atoms. The molecule has 1 amide bonds. The molecule has 2 aromatic carbocycles. The van der Waals surface area contributed by atoms with E-state index in [1.165, 1.54) is 5.56 Å². The minimum Gasteiger partial charge on any atom is -0.481 e. The lowest BCUT2D eigenvalue weighted by Gasteiger charge is -2.25. The second-order valence-corrected chi connectivity index (χ2v) is 9.07. The topological polar surface area (TPSA) is 105 Å². The zero-order valence-corrected chi connectivity index (χ0v) is 17.5. The van der Waals surface area contributed by atoms with Crippen molar-refractivity contribution in [3.8, 4) is 0 Å². The van der Waals surface area contributed by atoms with E-state index in [9.17, 15) is 14.7 Å². The van der Waals surface area contributed by atoms with E-state index in [0.717, 1.165) is 39.2 Å². The lowest BCUT2D eigenvalue weighted by molar-refractivity contribution is -0.145. The van der Waals surface area contributed by atoms with Crippen molar-refractivity contribution >= 4 is 33.4 Å². The number of fused-ring (bicyclic) bond motifs is 2. The summed E-state index contributed by atoms with van der Waals surface area (Å²) in [6.45, 7) is 0.961. The number of nitrogens with two attached hydrogens (primary N) is 1. The van der Waals surface area contributed by atoms with Crippen molar-refractivity contribution in [1.29, 1.82) is 0 Å². The maximum absolute atomic E-state index is 13.1. The Morgan fingerprint density at radius 2 is 1.90 bits per heavy atom. The summed E-state index contributed by atoms with van der Waals surface area (Å²) in [5.74, 6) is -1.17. The van der Waals surface area contributed by atoms with Crippen LogP contribution in [0.5, 0.6) is 0 Å². The van der Waals surface area contributed by atoms with Crippen LogP contribution < -0.4 is 11.1 Å². The fourth-order valence-electron chi connectivity index (χ4n) is 4.25. The molecular formula is C23H25N3O3S. The Morgan fingerprint density at radius 3 is 2.57 bits per heavy atom. The molecule has 6 nitrogen and oxygen atoms in total. The van der Waals surface area contributed by atoms with E-state index in [0.29, 0.717) is 25.9 Å². The van der Waals surface area contributed by atoms with Gasteiger partial charge in [0.05, 0.1) is 28.6 Å². The first-order valence-electron chi connectivity index (χ1n) is 10.1. The molecule has 4 rings (SSSR count). The van der Waals surface area contributed by atoms with Crippen molar-refractivity contribution < 1.29 is 14.7 Å². The number of hydrogen-bond acceptors (Lipinski definition) is 5. The maximum Gasteiger partial charge on any atom is 0.304 e. The summed E-state index contributed by atoms with van der Waals surface area (Å²) < 4.78 is 1.07. The average Bonchev–Trinajstić information content (AvgIpc) is 3.30. The van der Waals surface area contributed by atoms with Gasteiger partial charge in [-0.15, -0.1) is 11.3 Å². The third-order valence-corrected chi connectivity index (χ3v) is 6.75. The van der Waals surface area contributed by atoms with Gasteiger partial charge in [0.15, 0.2) is 0 Å². The van der Waals surface area contributed by atoms with Gasteiger partial charge in [0, 0.05) is 0 Å². The Balaban J connectivity index is 1.48. The molecule has 0 aliphatic heterocycles. The van der Waals surface area contributed by atoms with Crippen molar-refractivity contribution in [1.82, 2.24) is 10.3 Å². The molecule has 7 heteroatoms. The summed E-state index contributed by atoms with van der Waals surface area (Å²) in [5, 5.41) is 13.2. The zero-order valence-electron chi connectivity index (χ0n) is 16.7. The number of aliphatic carboxylic acids is 1. The molecule has 0 saturated heterocycles. The van der Waals surface area contributed by atoms with Crippen LogP contribution in [0.4, 0.5) is 0 Å². The fraction of sp³-hybridized carbons (Fsp3) is 0.348. The van der Waals surface area contributed by atoms with Gasteiger partial charge in [-0.2, -0.15) is 0 Å². The Kier molecular flexibility index (Phi) is 5.83. The Hall–Kier alpha value is -2.77. The van der Waals surface area contributed by atoms with Gasteiger partial charge in [0.1, 0.15) is 5.01 Å². The predicted octanol–water partition coefficient (Wildman–Crippen LogP) is 3.06. The van der Waals surface area contributed by atoms with E-state index >= 15 is 0 Å². The number of aryl methyl sites for hydroxylation is 1. The van der Waals surface area contributed by atoms with Crippen LogP contribution in [0.2, 0.25) is 0 Å². The number of hydrogen-bond donors (Lipinski definition) is 3. The van der Waals surface area contributed by atoms with Crippen molar-refractivity contribution in [2.45, 2.75) is 38.6 Å². The van der Waals surface area contributed by atoms with Gasteiger partial charge in [0.25, 0.3) is 0 Å². The molecule has 1 aliphatic rings. The largest absolute Gasteiger partial charge is 0.481 e. The van der Waals surface area contributed by atoms with Crippen LogP contribution in [0.3, 0.4) is 0 Å². The number of carboxylic acid groups (broad SMARTS) is 1. The van der Waals surface area contributed by atoms with Crippen LogP contribution in [0, 0.1) is 5.41 Å². The highest BCUT2D eigenvalue weighted by molar-refractivity contribution is 7.18. The minimum atomic E-state index is -0.956. The first-order chi connectivity index (χ1) is 14.5. The summed E-state index contributed by atoms with van der Waals surface area (Å²) in [4.78, 5) is 29.3. The highest BCUT2D eigenvalue weighted by atomic mass is 32.1. The molecule has 0 spiro atoms. The van der Waals surface area contributed by atoms with Crippen LogP contribution in [0.1, 0.15) is 34.5 Å². The molecule has 0 fully saturated rings. The monoisotopic (exact) mass is 423 g/mol. The van der Waals surface area contributed by atoms with E-state index in [-0.39, 0.29) is 12.3 Å². The van der Waals surface area contributed by atoms with E-state index in [1.807, 2.05) is 24.3 Å². The number of aromatic nitrogens is 1. The Morgan fingerprint density at radius 1 is 1.17 bits per heavy atom. The third kappa shape index (κ3) is 4.22. The smallest absolute Gasteiger partial charge is 0.304 e. The SMILES string of the molecule is NCCCc1ccc2sc(CNC(=O)C3(CC(=O)O)Cc4ccccc4C3)nc2c1. The number of nitrogens with zero attached hydrogens (tertiary/aromatic N) is 1. The summed E-state index contributed by atoms with van der Waals surface area (Å²) >= 11 is 1.55. The molecule has 0 bridgehead atoms. The molecule has 0 radical (unpaired) electrons. The van der Waals surface area contributed by atoms with Gasteiger partial charge in [-0.25, -0.2) is 4.98 Å². The summed E-state index contributed by atoms with van der Waals surface area (Å²) in [6.07, 6.45) is 2.58. The van der Waals surface area contributed by atoms with Crippen molar-refractivity contribution in [3.63, 3.8) is 0 Å². The number of nitrogens with one attached hydrogen (secondary N) is 1. The molecule has 1 heterocycles. The zero-order chi connectivity index (χ0) is 21.1. The lowest BCUT2D eigenvalue weighted by atomic mass is 9.80. The van der Waals surface area contributed by atoms with Crippen molar-refractivity contribution in [2.75, 3.05) is 6.54 Å². The highest BCUT2D eigenvalue weighted by Crippen LogP contribution is 2.40. The van der Waals surface area contributed by atoms with Gasteiger partial charge in [0.2, 0.25) is 5.91 Å². The first kappa shape index (κ1) is 20.5. The van der Waals surface area contributed by atoms with E-state index in [1.54, 1.807) is 11.3 Å². The molecule has 3 aromatic rings. The van der Waals surface area contributed by atoms with Gasteiger partial charge in [-0.3, -0.25) is 9.59 Å². The third-order valence-electron chi connectivity index (χ3n) is 5.71. The second kappa shape index (κ2) is 8.53. The highest BCUT2D eigenvalue weighted by Gasteiger charge is 2.45. The fourth-order valence-corrected chi connectivity index (χ4v) is 5.14. The molecular weight excluding hydrogens is 398 g/mol. The molecule has 4 N–H and O–H groups in total. The van der Waals surface area contributed by atoms with Crippen LogP contribution in [-0.4, -0.2) is 28.5 Å². The van der Waals surface area contributed by atoms with E-state index in [4.69, 9.17) is 5.73 Å². The molecule has 1 aliphatic carbocycles. The predicted molar refractivity (Wildman–Crippen MR) is 117 cm³/mol. The summed E-state index contributed by atoms with van der Waals surface area (Å²) in [6, 6.07) is 14.0. The minimum absolute atomic E-state index is 0.183. The van der Waals surface area contributed by atoms with Crippen LogP contribution >= 0.6 is 11.3 Å². The van der Waals surface area contributed by atoms with E-state index in [2.05, 4.69) is 28.5 Å². The number of thiazole rings is 1. The lowest BCUT2D eigenvalue weighted by Crippen LogP contribution is -2.43. The number of carbonyl (C=O) groups is 2.